The molecule has 1 saturated heterocycles. The number of nitrogens with zero attached hydrogens (tertiary/aromatic N) is 2. The fraction of sp³-hybridized carbons (Fsp3) is 1.00. The summed E-state index contributed by atoms with van der Waals surface area (Å²) >= 11 is 0. The lowest BCUT2D eigenvalue weighted by molar-refractivity contribution is 0.267. The van der Waals surface area contributed by atoms with Gasteiger partial charge in [-0.25, -0.2) is 0 Å². The van der Waals surface area contributed by atoms with Crippen LogP contribution >= 0.6 is 8.10 Å². The predicted octanol–water partition coefficient (Wildman–Crippen LogP) is 6.58. The molecule has 0 N–H and O–H groups in total. The van der Waals surface area contributed by atoms with Crippen LogP contribution in [0.25, 0.3) is 0 Å². The van der Waals surface area contributed by atoms with E-state index in [4.69, 9.17) is 0 Å². The van der Waals surface area contributed by atoms with Gasteiger partial charge in [-0.3, -0.25) is 0 Å². The molecule has 3 nitrogen and oxygen atoms in total. The topological polar surface area (TPSA) is 23.6 Å². The quantitative estimate of drug-likeness (QED) is 0.395. The van der Waals surface area contributed by atoms with Crippen molar-refractivity contribution in [3.05, 3.63) is 0 Å². The third kappa shape index (κ3) is 3.13. The molecule has 24 heavy (non-hydrogen) atoms. The molecule has 2 fully saturated rings. The Morgan fingerprint density at radius 3 is 1.29 bits per heavy atom. The largest absolute Gasteiger partial charge is 0.522 e. The van der Waals surface area contributed by atoms with Gasteiger partial charge in [0.05, 0.1) is 12.1 Å². The van der Waals surface area contributed by atoms with Crippen molar-refractivity contribution in [2.45, 2.75) is 116 Å². The molecule has 0 unspecified atom stereocenters. The van der Waals surface area contributed by atoms with Gasteiger partial charge in [-0.05, 0) is 27.5 Å². The first-order chi connectivity index (χ1) is 10.6. The molecule has 0 bridgehead atoms. The number of hydrogen-bond acceptors (Lipinski definition) is 1. The van der Waals surface area contributed by atoms with E-state index in [0.717, 1.165) is 0 Å². The third-order valence-electron chi connectivity index (χ3n) is 7.51. The molecular weight excluding hydrogens is 347 g/mol. The van der Waals surface area contributed by atoms with Crippen molar-refractivity contribution in [2.24, 2.45) is 0 Å². The molecule has 6 heteroatoms. The van der Waals surface area contributed by atoms with Crippen LogP contribution in [0.5, 0.6) is 0 Å². The zero-order valence-corrected chi connectivity index (χ0v) is 20.6. The van der Waals surface area contributed by atoms with E-state index in [1.54, 1.807) is 0 Å². The molecule has 2 atom stereocenters. The van der Waals surface area contributed by atoms with Crippen LogP contribution in [0.2, 0.25) is 36.3 Å². The lowest BCUT2D eigenvalue weighted by Gasteiger charge is -2.41. The molecule has 1 saturated carbocycles. The summed E-state index contributed by atoms with van der Waals surface area (Å²) in [6.07, 6.45) is 5.09. The van der Waals surface area contributed by atoms with E-state index < -0.39 is 24.6 Å². The van der Waals surface area contributed by atoms with Crippen LogP contribution in [-0.2, 0) is 4.57 Å². The normalized spacial score (nSPS) is 28.3. The molecule has 0 aromatic heterocycles. The van der Waals surface area contributed by atoms with E-state index in [-0.39, 0.29) is 10.1 Å². The summed E-state index contributed by atoms with van der Waals surface area (Å²) in [6.45, 7) is 23.9. The summed E-state index contributed by atoms with van der Waals surface area (Å²) in [5, 5.41) is 0.479. The maximum absolute atomic E-state index is 13.9. The maximum atomic E-state index is 13.9. The lowest BCUT2D eigenvalue weighted by Crippen LogP contribution is -2.57. The van der Waals surface area contributed by atoms with Crippen LogP contribution in [0.4, 0.5) is 0 Å². The highest BCUT2D eigenvalue weighted by atomic mass is 31.1. The Bertz CT molecular complexity index is 464. The molecule has 0 amide bonds. The smallest absolute Gasteiger partial charge is 0.105 e. The van der Waals surface area contributed by atoms with Crippen LogP contribution < -0.4 is 0 Å². The Morgan fingerprint density at radius 1 is 0.750 bits per heavy atom. The van der Waals surface area contributed by atoms with Crippen molar-refractivity contribution < 1.29 is 4.57 Å². The van der Waals surface area contributed by atoms with E-state index in [0.29, 0.717) is 12.1 Å². The second kappa shape index (κ2) is 6.26. The van der Waals surface area contributed by atoms with E-state index in [9.17, 15) is 4.57 Å². The first-order valence-electron chi connectivity index (χ1n) is 9.70. The highest BCUT2D eigenvalue weighted by Crippen LogP contribution is 2.60. The van der Waals surface area contributed by atoms with Gasteiger partial charge in [-0.2, -0.15) is 0 Å². The molecule has 0 aromatic carbocycles. The summed E-state index contributed by atoms with van der Waals surface area (Å²) in [5.41, 5.74) is 0. The fourth-order valence-corrected chi connectivity index (χ4v) is 14.9. The average Bonchev–Trinajstić information content (AvgIpc) is 2.68. The molecule has 140 valence electrons. The number of hydrogen-bond donors (Lipinski definition) is 0. The standard InChI is InChI=1S/C18H40N2OPSi2/c1-17(2,3)23(7,8)19-15-13-11-12-14-16(15)20(22(19)21)24(9,10)18(4,5)6/h15-16H,11-14H2,1-10H3/q+1/t15-,16-/m1/s1. The SMILES string of the molecule is CC(C)(C)[Si](C)(C)N1[C@@H]2CCCC[C@H]2N([Si](C)(C)C(C)(C)C)[P+]1=O. The maximum Gasteiger partial charge on any atom is 0.522 e. The molecular formula is C18H40N2OPSi2+. The average molecular weight is 388 g/mol. The second-order valence-electron chi connectivity index (χ2n) is 11.0. The molecule has 1 aliphatic heterocycles. The van der Waals surface area contributed by atoms with Crippen molar-refractivity contribution in [2.75, 3.05) is 0 Å². The van der Waals surface area contributed by atoms with Gasteiger partial charge in [0.2, 0.25) is 0 Å². The van der Waals surface area contributed by atoms with Crippen LogP contribution in [0.3, 0.4) is 0 Å². The first kappa shape index (κ1) is 20.8. The number of fused-ring (bicyclic) bond motifs is 1. The van der Waals surface area contributed by atoms with Gasteiger partial charge in [-0.1, -0.05) is 80.6 Å². The van der Waals surface area contributed by atoms with E-state index in [2.05, 4.69) is 76.4 Å². The summed E-state index contributed by atoms with van der Waals surface area (Å²) in [5.74, 6) is 0. The van der Waals surface area contributed by atoms with Gasteiger partial charge < -0.3 is 0 Å². The monoisotopic (exact) mass is 387 g/mol. The molecule has 1 aliphatic carbocycles. The van der Waals surface area contributed by atoms with Gasteiger partial charge in [0.25, 0.3) is 0 Å². The molecule has 2 aliphatic rings. The minimum Gasteiger partial charge on any atom is -0.105 e. The highest BCUT2D eigenvalue weighted by molar-refractivity contribution is 7.46. The summed E-state index contributed by atoms with van der Waals surface area (Å²) in [4.78, 5) is 0. The Hall–Kier alpha value is 0.454. The minimum atomic E-state index is -1.79. The Labute approximate surface area is 153 Å². The zero-order chi connectivity index (χ0) is 18.7. The molecule has 0 aromatic rings. The minimum absolute atomic E-state index is 0.240. The van der Waals surface area contributed by atoms with Gasteiger partial charge in [0.1, 0.15) is 0 Å². The van der Waals surface area contributed by atoms with Gasteiger partial charge in [0, 0.05) is 0 Å². The van der Waals surface area contributed by atoms with Crippen molar-refractivity contribution in [1.29, 1.82) is 0 Å². The van der Waals surface area contributed by atoms with Crippen molar-refractivity contribution in [3.8, 4) is 0 Å². The molecule has 0 spiro atoms. The van der Waals surface area contributed by atoms with Gasteiger partial charge in [0.15, 0.2) is 16.5 Å². The Kier molecular flexibility index (Phi) is 5.42. The molecule has 0 radical (unpaired) electrons. The van der Waals surface area contributed by atoms with Crippen molar-refractivity contribution >= 4 is 24.6 Å². The summed E-state index contributed by atoms with van der Waals surface area (Å²) in [6, 6.07) is 1.05. The second-order valence-corrected chi connectivity index (χ2v) is 23.3. The van der Waals surface area contributed by atoms with Crippen LogP contribution in [0, 0.1) is 0 Å². The Balaban J connectivity index is 2.52. The van der Waals surface area contributed by atoms with E-state index in [1.807, 2.05) is 0 Å². The molecule has 2 rings (SSSR count). The highest BCUT2D eigenvalue weighted by Gasteiger charge is 2.69. The van der Waals surface area contributed by atoms with Crippen molar-refractivity contribution in [1.82, 2.24) is 8.67 Å². The summed E-state index contributed by atoms with van der Waals surface area (Å²) < 4.78 is 19.1. The molecule has 1 heterocycles. The van der Waals surface area contributed by atoms with E-state index in [1.165, 1.54) is 25.7 Å². The van der Waals surface area contributed by atoms with Crippen LogP contribution in [-0.4, -0.2) is 37.2 Å². The van der Waals surface area contributed by atoms with E-state index >= 15 is 0 Å². The third-order valence-corrected chi connectivity index (χ3v) is 23.2. The predicted molar refractivity (Wildman–Crippen MR) is 112 cm³/mol. The van der Waals surface area contributed by atoms with Crippen LogP contribution in [0.15, 0.2) is 0 Å². The van der Waals surface area contributed by atoms with Crippen molar-refractivity contribution in [3.63, 3.8) is 0 Å². The first-order valence-corrected chi connectivity index (χ1v) is 16.8. The number of rotatable bonds is 2. The Morgan fingerprint density at radius 2 is 1.04 bits per heavy atom. The van der Waals surface area contributed by atoms with Gasteiger partial charge in [-0.15, -0.1) is 8.67 Å². The van der Waals surface area contributed by atoms with Crippen LogP contribution in [0.1, 0.15) is 67.2 Å². The zero-order valence-electron chi connectivity index (χ0n) is 17.7. The lowest BCUT2D eigenvalue weighted by atomic mass is 9.92. The van der Waals surface area contributed by atoms with Gasteiger partial charge >= 0.3 is 8.10 Å². The summed E-state index contributed by atoms with van der Waals surface area (Å²) in [7, 11) is -4.99. The fourth-order valence-electron chi connectivity index (χ4n) is 3.96.